The quantitative estimate of drug-likeness (QED) is 0.0418. The number of hydrogen-bond donors (Lipinski definition) is 0. The number of ether oxygens (including phenoxy) is 2. The van der Waals surface area contributed by atoms with Crippen LogP contribution in [0.3, 0.4) is 0 Å². The van der Waals surface area contributed by atoms with Gasteiger partial charge in [-0.05, 0) is 0 Å². The molecule has 9 heteroatoms. The van der Waals surface area contributed by atoms with Crippen LogP contribution in [0.1, 0.15) is 146 Å². The molecule has 0 aromatic carbocycles. The molecule has 252 valence electrons. The Morgan fingerprint density at radius 1 is 0.535 bits per heavy atom. The van der Waals surface area contributed by atoms with Crippen molar-refractivity contribution in [1.29, 1.82) is 0 Å². The predicted octanol–water partition coefficient (Wildman–Crippen LogP) is 10.3. The van der Waals surface area contributed by atoms with Crippen LogP contribution in [0.2, 0.25) is 8.87 Å². The molecule has 0 aromatic rings. The number of carbonyl (C=O) groups excluding carboxylic acids is 2. The summed E-state index contributed by atoms with van der Waals surface area (Å²) in [7, 11) is 0. The fourth-order valence-electron chi connectivity index (χ4n) is 4.74. The van der Waals surface area contributed by atoms with Crippen molar-refractivity contribution in [2.75, 3.05) is 0 Å². The van der Waals surface area contributed by atoms with Crippen LogP contribution in [-0.4, -0.2) is 53.5 Å². The van der Waals surface area contributed by atoms with E-state index in [1.54, 1.807) is 0 Å². The number of unbranched alkanes of at least 4 members (excludes halogenated alkanes) is 4. The summed E-state index contributed by atoms with van der Waals surface area (Å²) in [5.74, 6) is 0.939. The number of esters is 2. The van der Waals surface area contributed by atoms with Crippen LogP contribution in [0, 0.1) is 23.7 Å². The van der Waals surface area contributed by atoms with Crippen molar-refractivity contribution in [3.8, 4) is 0 Å². The molecule has 2 unspecified atom stereocenters. The molecule has 0 saturated heterocycles. The summed E-state index contributed by atoms with van der Waals surface area (Å²) in [5.41, 5.74) is 0. The third kappa shape index (κ3) is 22.6. The van der Waals surface area contributed by atoms with Gasteiger partial charge in [0.15, 0.2) is 0 Å². The molecule has 0 fully saturated rings. The van der Waals surface area contributed by atoms with Gasteiger partial charge in [0.1, 0.15) is 0 Å². The second-order valence-corrected chi connectivity index (χ2v) is 23.7. The summed E-state index contributed by atoms with van der Waals surface area (Å²) in [6.45, 7) is 20.5. The van der Waals surface area contributed by atoms with Crippen molar-refractivity contribution in [3.05, 3.63) is 0 Å². The number of hydrogen-bond acceptors (Lipinski definition) is 8. The van der Waals surface area contributed by atoms with E-state index in [9.17, 15) is 9.59 Å². The van der Waals surface area contributed by atoms with E-state index in [0.29, 0.717) is 30.8 Å². The second kappa shape index (κ2) is 23.8. The van der Waals surface area contributed by atoms with Gasteiger partial charge in [-0.2, -0.15) is 0 Å². The zero-order chi connectivity index (χ0) is 33.0. The van der Waals surface area contributed by atoms with Gasteiger partial charge in [-0.1, -0.05) is 0 Å². The molecule has 0 rings (SSSR count). The van der Waals surface area contributed by atoms with Crippen LogP contribution in [-0.2, 0) is 25.2 Å². The predicted molar refractivity (Wildman–Crippen MR) is 189 cm³/mol. The van der Waals surface area contributed by atoms with Crippen molar-refractivity contribution < 1.29 is 25.2 Å². The molecule has 0 spiro atoms. The summed E-state index contributed by atoms with van der Waals surface area (Å²) in [6, 6.07) is 0. The Kier molecular flexibility index (Phi) is 23.5. The third-order valence-electron chi connectivity index (χ3n) is 7.37. The van der Waals surface area contributed by atoms with Crippen LogP contribution in [0.25, 0.3) is 0 Å². The van der Waals surface area contributed by atoms with Gasteiger partial charge in [0.05, 0.1) is 0 Å². The molecule has 6 nitrogen and oxygen atoms in total. The molecule has 43 heavy (non-hydrogen) atoms. The van der Waals surface area contributed by atoms with Crippen LogP contribution in [0.4, 0.5) is 0 Å². The van der Waals surface area contributed by atoms with Gasteiger partial charge in [-0.15, -0.1) is 0 Å². The van der Waals surface area contributed by atoms with Crippen LogP contribution >= 0.6 is 24.4 Å². The van der Waals surface area contributed by atoms with Crippen LogP contribution in [0.5, 0.6) is 0 Å². The maximum atomic E-state index is 12.7. The molecule has 0 aliphatic heterocycles. The summed E-state index contributed by atoms with van der Waals surface area (Å²) >= 11 is 7.43. The fourth-order valence-corrected chi connectivity index (χ4v) is 15.6. The fraction of sp³-hybridized carbons (Fsp3) is 0.882. The van der Waals surface area contributed by atoms with E-state index in [-0.39, 0.29) is 48.8 Å². The summed E-state index contributed by atoms with van der Waals surface area (Å²) in [5, 5.41) is 1.02. The SMILES string of the molecule is CC(C)CCCCCC(C)C(=S)[O][Sn]([CH2]CC(=O)OC(C)C)([CH2]CC(=O)OC(C)C)[O]C(=S)C(C)CCCCCC(C)C. The monoisotopic (exact) mass is 752 g/mol. The van der Waals surface area contributed by atoms with Crippen molar-refractivity contribution in [3.63, 3.8) is 0 Å². The first-order valence-corrected chi connectivity index (χ1v) is 24.1. The Hall–Kier alpha value is -0.481. The maximum absolute atomic E-state index is 12.7. The van der Waals surface area contributed by atoms with E-state index in [4.69, 9.17) is 40.1 Å². The van der Waals surface area contributed by atoms with E-state index in [1.807, 2.05) is 27.7 Å². The number of thiocarbonyl (C=S) groups is 2. The van der Waals surface area contributed by atoms with Gasteiger partial charge in [0.2, 0.25) is 0 Å². The molecule has 0 bridgehead atoms. The summed E-state index contributed by atoms with van der Waals surface area (Å²) in [6.07, 6.45) is 11.1. The average molecular weight is 752 g/mol. The van der Waals surface area contributed by atoms with Gasteiger partial charge in [-0.3, -0.25) is 0 Å². The third-order valence-corrected chi connectivity index (χ3v) is 18.3. The molecular weight excluding hydrogens is 687 g/mol. The molecule has 0 saturated carbocycles. The van der Waals surface area contributed by atoms with E-state index in [2.05, 4.69) is 41.5 Å². The van der Waals surface area contributed by atoms with Gasteiger partial charge >= 0.3 is 282 Å². The van der Waals surface area contributed by atoms with Crippen LogP contribution in [0.15, 0.2) is 0 Å². The number of rotatable bonds is 24. The second-order valence-electron chi connectivity index (χ2n) is 13.7. The standard InChI is InChI=1S/2C11H22OS.2C6H11O2.Sn/c2*1-9(2)7-5-4-6-8-10(3)11(12)13;2*1-4-6(7)8-5(2)3;/h2*9-10H,4-8H2,1-3H3,(H,12,13);2*5H,1,4H2,2-3H3;/q;;;;+2/p-2. The Labute approximate surface area is 280 Å². The van der Waals surface area contributed by atoms with Crippen molar-refractivity contribution in [2.24, 2.45) is 23.7 Å². The van der Waals surface area contributed by atoms with E-state index >= 15 is 0 Å². The topological polar surface area (TPSA) is 71.1 Å². The van der Waals surface area contributed by atoms with Gasteiger partial charge in [0, 0.05) is 0 Å². The first-order chi connectivity index (χ1) is 20.1. The molecule has 0 N–H and O–H groups in total. The molecular formula is C34H64O6S2Sn. The van der Waals surface area contributed by atoms with Crippen molar-refractivity contribution >= 4 is 65.7 Å². The normalized spacial score (nSPS) is 13.3. The average Bonchev–Trinajstić information content (AvgIpc) is 2.89. The van der Waals surface area contributed by atoms with E-state index in [1.165, 1.54) is 25.7 Å². The summed E-state index contributed by atoms with van der Waals surface area (Å²) in [4.78, 5) is 25.3. The van der Waals surface area contributed by atoms with Crippen molar-refractivity contribution in [1.82, 2.24) is 0 Å². The van der Waals surface area contributed by atoms with Crippen LogP contribution < -0.4 is 0 Å². The zero-order valence-corrected chi connectivity index (χ0v) is 33.6. The van der Waals surface area contributed by atoms with E-state index < -0.39 is 19.2 Å². The Balaban J connectivity index is 5.81. The first-order valence-electron chi connectivity index (χ1n) is 16.9. The molecule has 2 atom stereocenters. The molecule has 0 aliphatic rings. The molecule has 0 aromatic heterocycles. The minimum atomic E-state index is -4.29. The number of carbonyl (C=O) groups is 2. The van der Waals surface area contributed by atoms with Gasteiger partial charge in [-0.25, -0.2) is 0 Å². The minimum absolute atomic E-state index is 0.0610. The zero-order valence-electron chi connectivity index (χ0n) is 29.1. The Morgan fingerprint density at radius 2 is 0.860 bits per heavy atom. The first kappa shape index (κ1) is 42.5. The van der Waals surface area contributed by atoms with Crippen molar-refractivity contribution in [2.45, 2.75) is 167 Å². The Morgan fingerprint density at radius 3 is 1.16 bits per heavy atom. The molecule has 0 heterocycles. The van der Waals surface area contributed by atoms with Gasteiger partial charge in [0.25, 0.3) is 0 Å². The molecule has 0 aliphatic carbocycles. The molecule has 0 amide bonds. The Bertz CT molecular complexity index is 749. The summed E-state index contributed by atoms with van der Waals surface area (Å²) < 4.78 is 25.1. The van der Waals surface area contributed by atoms with Gasteiger partial charge < -0.3 is 0 Å². The van der Waals surface area contributed by atoms with E-state index in [0.717, 1.165) is 38.5 Å². The molecule has 0 radical (unpaired) electrons.